The molecule has 0 N–H and O–H groups in total. The van der Waals surface area contributed by atoms with Crippen LogP contribution in [0.2, 0.25) is 0 Å². The molecular formula is C18H14N4. The van der Waals surface area contributed by atoms with Gasteiger partial charge in [0.05, 0.1) is 22.4 Å². The van der Waals surface area contributed by atoms with Gasteiger partial charge in [0.1, 0.15) is 12.2 Å². The number of fused-ring (bicyclic) bond motifs is 2. The molecule has 106 valence electrons. The van der Waals surface area contributed by atoms with Gasteiger partial charge in [-0.25, -0.2) is 19.9 Å². The highest BCUT2D eigenvalue weighted by atomic mass is 14.9. The van der Waals surface area contributed by atoms with E-state index in [0.29, 0.717) is 6.42 Å². The van der Waals surface area contributed by atoms with E-state index in [4.69, 9.17) is 0 Å². The lowest BCUT2D eigenvalue weighted by atomic mass is 10.1. The van der Waals surface area contributed by atoms with Crippen LogP contribution in [0.1, 0.15) is 17.2 Å². The summed E-state index contributed by atoms with van der Waals surface area (Å²) < 4.78 is 0. The van der Waals surface area contributed by atoms with E-state index in [1.54, 1.807) is 6.33 Å². The molecule has 2 aromatic heterocycles. The van der Waals surface area contributed by atoms with Gasteiger partial charge in [0.2, 0.25) is 0 Å². The number of hydrogen-bond donors (Lipinski definition) is 0. The zero-order valence-corrected chi connectivity index (χ0v) is 12.2. The minimum absolute atomic E-state index is 0.674. The van der Waals surface area contributed by atoms with Gasteiger partial charge in [-0.1, -0.05) is 36.4 Å². The summed E-state index contributed by atoms with van der Waals surface area (Å²) in [7, 11) is 0. The Morgan fingerprint density at radius 3 is 2.23 bits per heavy atom. The smallest absolute Gasteiger partial charge is 0.126 e. The van der Waals surface area contributed by atoms with Crippen LogP contribution >= 0.6 is 0 Å². The Kier molecular flexibility index (Phi) is 3.00. The van der Waals surface area contributed by atoms with Crippen LogP contribution in [0.25, 0.3) is 21.8 Å². The molecule has 0 amide bonds. The first-order valence-electron chi connectivity index (χ1n) is 7.22. The van der Waals surface area contributed by atoms with Gasteiger partial charge in [-0.05, 0) is 19.1 Å². The molecule has 2 heterocycles. The van der Waals surface area contributed by atoms with Crippen molar-refractivity contribution in [2.75, 3.05) is 0 Å². The normalized spacial score (nSPS) is 11.1. The van der Waals surface area contributed by atoms with Crippen molar-refractivity contribution in [2.45, 2.75) is 13.3 Å². The van der Waals surface area contributed by atoms with E-state index in [2.05, 4.69) is 32.1 Å². The third-order valence-corrected chi connectivity index (χ3v) is 3.75. The standard InChI is InChI=1S/C18H14N4/c1-12-21-16-9-5-3-7-14(16)18(22-12)10-17-13-6-2-4-8-15(13)19-11-20-17/h2-9,11H,10H2,1H3. The van der Waals surface area contributed by atoms with Crippen LogP contribution in [-0.2, 0) is 6.42 Å². The van der Waals surface area contributed by atoms with Crippen LogP contribution in [0.4, 0.5) is 0 Å². The summed E-state index contributed by atoms with van der Waals surface area (Å²) in [5.41, 5.74) is 3.94. The van der Waals surface area contributed by atoms with Crippen LogP contribution in [0.3, 0.4) is 0 Å². The molecule has 0 aliphatic carbocycles. The van der Waals surface area contributed by atoms with E-state index < -0.39 is 0 Å². The second-order valence-corrected chi connectivity index (χ2v) is 5.25. The second kappa shape index (κ2) is 5.15. The molecule has 22 heavy (non-hydrogen) atoms. The summed E-state index contributed by atoms with van der Waals surface area (Å²) in [4.78, 5) is 17.9. The average molecular weight is 286 g/mol. The number of para-hydroxylation sites is 2. The van der Waals surface area contributed by atoms with E-state index in [1.807, 2.05) is 43.3 Å². The molecule has 4 rings (SSSR count). The van der Waals surface area contributed by atoms with Crippen molar-refractivity contribution in [1.82, 2.24) is 19.9 Å². The third kappa shape index (κ3) is 2.19. The first kappa shape index (κ1) is 12.8. The van der Waals surface area contributed by atoms with Gasteiger partial charge in [-0.3, -0.25) is 0 Å². The molecule has 0 spiro atoms. The van der Waals surface area contributed by atoms with Crippen molar-refractivity contribution in [3.63, 3.8) is 0 Å². The highest BCUT2D eigenvalue weighted by Crippen LogP contribution is 2.21. The number of nitrogens with zero attached hydrogens (tertiary/aromatic N) is 4. The lowest BCUT2D eigenvalue weighted by Crippen LogP contribution is -2.01. The molecule has 0 fully saturated rings. The molecule has 0 atom stereocenters. The highest BCUT2D eigenvalue weighted by Gasteiger charge is 2.10. The molecule has 0 saturated heterocycles. The van der Waals surface area contributed by atoms with Gasteiger partial charge in [0.25, 0.3) is 0 Å². The van der Waals surface area contributed by atoms with Gasteiger partial charge >= 0.3 is 0 Å². The van der Waals surface area contributed by atoms with E-state index in [1.165, 1.54) is 0 Å². The van der Waals surface area contributed by atoms with Crippen LogP contribution < -0.4 is 0 Å². The largest absolute Gasteiger partial charge is 0.240 e. The summed E-state index contributed by atoms with van der Waals surface area (Å²) in [5.74, 6) is 0.784. The van der Waals surface area contributed by atoms with Crippen molar-refractivity contribution in [1.29, 1.82) is 0 Å². The first-order valence-corrected chi connectivity index (χ1v) is 7.22. The van der Waals surface area contributed by atoms with E-state index in [9.17, 15) is 0 Å². The Labute approximate surface area is 127 Å². The fourth-order valence-corrected chi connectivity index (χ4v) is 2.76. The zero-order chi connectivity index (χ0) is 14.9. The predicted molar refractivity (Wildman–Crippen MR) is 86.6 cm³/mol. The Bertz CT molecular complexity index is 973. The van der Waals surface area contributed by atoms with Crippen molar-refractivity contribution in [3.8, 4) is 0 Å². The average Bonchev–Trinajstić information content (AvgIpc) is 2.55. The number of benzene rings is 2. The Morgan fingerprint density at radius 1 is 0.727 bits per heavy atom. The van der Waals surface area contributed by atoms with Gasteiger partial charge in [-0.15, -0.1) is 0 Å². The number of hydrogen-bond acceptors (Lipinski definition) is 4. The van der Waals surface area contributed by atoms with Crippen LogP contribution in [0, 0.1) is 6.92 Å². The topological polar surface area (TPSA) is 51.6 Å². The van der Waals surface area contributed by atoms with Gasteiger partial charge in [0, 0.05) is 17.2 Å². The van der Waals surface area contributed by atoms with Crippen molar-refractivity contribution >= 4 is 21.8 Å². The maximum atomic E-state index is 4.63. The summed E-state index contributed by atoms with van der Waals surface area (Å²) in [6.45, 7) is 1.92. The SMILES string of the molecule is Cc1nc(Cc2ncnc3ccccc23)c2ccccc2n1. The van der Waals surface area contributed by atoms with Crippen LogP contribution in [0.5, 0.6) is 0 Å². The quantitative estimate of drug-likeness (QED) is 0.566. The number of aryl methyl sites for hydroxylation is 1. The minimum atomic E-state index is 0.674. The highest BCUT2D eigenvalue weighted by molar-refractivity contribution is 5.84. The van der Waals surface area contributed by atoms with E-state index in [-0.39, 0.29) is 0 Å². The summed E-state index contributed by atoms with van der Waals surface area (Å²) in [5, 5.41) is 2.15. The van der Waals surface area contributed by atoms with Crippen LogP contribution in [0.15, 0.2) is 54.9 Å². The molecular weight excluding hydrogens is 272 g/mol. The van der Waals surface area contributed by atoms with Crippen molar-refractivity contribution < 1.29 is 0 Å². The fourth-order valence-electron chi connectivity index (χ4n) is 2.76. The fraction of sp³-hybridized carbons (Fsp3) is 0.111. The van der Waals surface area contributed by atoms with Gasteiger partial charge in [-0.2, -0.15) is 0 Å². The molecule has 0 aliphatic heterocycles. The molecule has 0 aliphatic rings. The maximum absolute atomic E-state index is 4.63. The number of rotatable bonds is 2. The van der Waals surface area contributed by atoms with Gasteiger partial charge in [0.15, 0.2) is 0 Å². The molecule has 0 bridgehead atoms. The Balaban J connectivity index is 1.90. The first-order chi connectivity index (χ1) is 10.8. The second-order valence-electron chi connectivity index (χ2n) is 5.25. The van der Waals surface area contributed by atoms with E-state index >= 15 is 0 Å². The lowest BCUT2D eigenvalue weighted by molar-refractivity contribution is 0.974. The monoisotopic (exact) mass is 286 g/mol. The maximum Gasteiger partial charge on any atom is 0.126 e. The van der Waals surface area contributed by atoms with Crippen molar-refractivity contribution in [3.05, 3.63) is 72.1 Å². The van der Waals surface area contributed by atoms with Crippen molar-refractivity contribution in [2.24, 2.45) is 0 Å². The summed E-state index contributed by atoms with van der Waals surface area (Å²) >= 11 is 0. The molecule has 4 aromatic rings. The van der Waals surface area contributed by atoms with Crippen LogP contribution in [-0.4, -0.2) is 19.9 Å². The van der Waals surface area contributed by atoms with E-state index in [0.717, 1.165) is 39.0 Å². The Hall–Kier alpha value is -2.88. The lowest BCUT2D eigenvalue weighted by Gasteiger charge is -2.08. The molecule has 0 unspecified atom stereocenters. The molecule has 2 aromatic carbocycles. The zero-order valence-electron chi connectivity index (χ0n) is 12.2. The molecule has 4 nitrogen and oxygen atoms in total. The third-order valence-electron chi connectivity index (χ3n) is 3.75. The molecule has 0 saturated carbocycles. The number of aromatic nitrogens is 4. The predicted octanol–water partition coefficient (Wildman–Crippen LogP) is 3.47. The molecule has 0 radical (unpaired) electrons. The minimum Gasteiger partial charge on any atom is -0.240 e. The summed E-state index contributed by atoms with van der Waals surface area (Å²) in [6, 6.07) is 16.2. The molecule has 4 heteroatoms. The van der Waals surface area contributed by atoms with Gasteiger partial charge < -0.3 is 0 Å². The Morgan fingerprint density at radius 2 is 1.41 bits per heavy atom. The summed E-state index contributed by atoms with van der Waals surface area (Å²) in [6.07, 6.45) is 2.29.